The molecule has 0 saturated heterocycles. The molecule has 6 nitrogen and oxygen atoms in total. The number of aryl methyl sites for hydroxylation is 2. The van der Waals surface area contributed by atoms with Gasteiger partial charge in [-0.05, 0) is 36.2 Å². The Morgan fingerprint density at radius 2 is 1.89 bits per heavy atom. The predicted octanol–water partition coefficient (Wildman–Crippen LogP) is 4.68. The smallest absolute Gasteiger partial charge is 0.231 e. The normalized spacial score (nSPS) is 10.9. The molecule has 0 radical (unpaired) electrons. The molecule has 4 rings (SSSR count). The standard InChI is InChI=1S/C20H19ClN6/c1-13-10-15(21)8-9-17(13)24-20-25-18(16-12-23-27(2)19(16)26-20)22-11-14-6-4-3-5-7-14/h3-10,12H,11H2,1-2H3,(H2,22,24,25,26). The average molecular weight is 379 g/mol. The average Bonchev–Trinajstić information content (AvgIpc) is 3.04. The monoisotopic (exact) mass is 378 g/mol. The van der Waals surface area contributed by atoms with E-state index in [-0.39, 0.29) is 0 Å². The van der Waals surface area contributed by atoms with Crippen molar-refractivity contribution in [2.24, 2.45) is 7.05 Å². The van der Waals surface area contributed by atoms with Crippen LogP contribution in [0.2, 0.25) is 5.02 Å². The SMILES string of the molecule is Cc1cc(Cl)ccc1Nc1nc(NCc2ccccc2)c2cnn(C)c2n1. The zero-order valence-corrected chi connectivity index (χ0v) is 15.8. The molecular weight excluding hydrogens is 360 g/mol. The molecule has 0 atom stereocenters. The molecule has 0 saturated carbocycles. The molecule has 0 fully saturated rings. The van der Waals surface area contributed by atoms with Crippen molar-refractivity contribution in [2.45, 2.75) is 13.5 Å². The number of hydrogen-bond acceptors (Lipinski definition) is 5. The number of anilines is 3. The number of nitrogens with zero attached hydrogens (tertiary/aromatic N) is 4. The van der Waals surface area contributed by atoms with Crippen LogP contribution in [0, 0.1) is 6.92 Å². The summed E-state index contributed by atoms with van der Waals surface area (Å²) < 4.78 is 1.74. The minimum Gasteiger partial charge on any atom is -0.365 e. The van der Waals surface area contributed by atoms with Crippen LogP contribution in [-0.2, 0) is 13.6 Å². The Balaban J connectivity index is 1.68. The number of hydrogen-bond donors (Lipinski definition) is 2. The molecule has 0 aliphatic heterocycles. The first-order valence-electron chi connectivity index (χ1n) is 8.61. The van der Waals surface area contributed by atoms with Gasteiger partial charge in [-0.1, -0.05) is 41.9 Å². The summed E-state index contributed by atoms with van der Waals surface area (Å²) in [7, 11) is 1.87. The summed E-state index contributed by atoms with van der Waals surface area (Å²) in [6, 6.07) is 15.9. The van der Waals surface area contributed by atoms with Crippen molar-refractivity contribution in [3.63, 3.8) is 0 Å². The lowest BCUT2D eigenvalue weighted by Gasteiger charge is -2.12. The molecule has 2 aromatic heterocycles. The van der Waals surface area contributed by atoms with Gasteiger partial charge in [-0.3, -0.25) is 4.68 Å². The molecule has 2 N–H and O–H groups in total. The second kappa shape index (κ2) is 7.25. The van der Waals surface area contributed by atoms with Crippen LogP contribution in [-0.4, -0.2) is 19.7 Å². The maximum atomic E-state index is 6.05. The van der Waals surface area contributed by atoms with E-state index in [9.17, 15) is 0 Å². The summed E-state index contributed by atoms with van der Waals surface area (Å²) in [5.74, 6) is 1.25. The van der Waals surface area contributed by atoms with Crippen LogP contribution in [0.4, 0.5) is 17.5 Å². The van der Waals surface area contributed by atoms with Crippen molar-refractivity contribution in [1.29, 1.82) is 0 Å². The fraction of sp³-hybridized carbons (Fsp3) is 0.150. The van der Waals surface area contributed by atoms with E-state index in [0.29, 0.717) is 17.5 Å². The van der Waals surface area contributed by atoms with E-state index in [2.05, 4.69) is 37.8 Å². The number of nitrogens with one attached hydrogen (secondary N) is 2. The van der Waals surface area contributed by atoms with Crippen LogP contribution < -0.4 is 10.6 Å². The molecule has 0 bridgehead atoms. The molecule has 2 heterocycles. The number of halogens is 1. The Labute approximate surface area is 162 Å². The Morgan fingerprint density at radius 3 is 2.67 bits per heavy atom. The van der Waals surface area contributed by atoms with E-state index in [1.165, 1.54) is 5.56 Å². The van der Waals surface area contributed by atoms with Crippen molar-refractivity contribution < 1.29 is 0 Å². The second-order valence-electron chi connectivity index (χ2n) is 6.32. The van der Waals surface area contributed by atoms with E-state index in [4.69, 9.17) is 11.6 Å². The summed E-state index contributed by atoms with van der Waals surface area (Å²) in [5, 5.41) is 12.6. The maximum Gasteiger partial charge on any atom is 0.231 e. The number of rotatable bonds is 5. The maximum absolute atomic E-state index is 6.05. The molecule has 2 aromatic carbocycles. The summed E-state index contributed by atoms with van der Waals surface area (Å²) in [4.78, 5) is 9.28. The summed E-state index contributed by atoms with van der Waals surface area (Å²) in [5.41, 5.74) is 3.87. The van der Waals surface area contributed by atoms with Gasteiger partial charge in [-0.2, -0.15) is 15.1 Å². The Bertz CT molecular complexity index is 1090. The van der Waals surface area contributed by atoms with E-state index in [0.717, 1.165) is 28.1 Å². The van der Waals surface area contributed by atoms with Crippen molar-refractivity contribution in [1.82, 2.24) is 19.7 Å². The van der Waals surface area contributed by atoms with Crippen LogP contribution in [0.15, 0.2) is 54.7 Å². The molecule has 0 aliphatic rings. The van der Waals surface area contributed by atoms with E-state index in [1.54, 1.807) is 10.9 Å². The Kier molecular flexibility index (Phi) is 4.64. The van der Waals surface area contributed by atoms with Gasteiger partial charge in [0.1, 0.15) is 5.82 Å². The first kappa shape index (κ1) is 17.3. The topological polar surface area (TPSA) is 67.7 Å². The van der Waals surface area contributed by atoms with Gasteiger partial charge in [0.05, 0.1) is 11.6 Å². The Morgan fingerprint density at radius 1 is 1.07 bits per heavy atom. The third-order valence-corrected chi connectivity index (χ3v) is 4.56. The number of benzene rings is 2. The largest absolute Gasteiger partial charge is 0.365 e. The van der Waals surface area contributed by atoms with Gasteiger partial charge < -0.3 is 10.6 Å². The van der Waals surface area contributed by atoms with Gasteiger partial charge in [0.25, 0.3) is 0 Å². The second-order valence-corrected chi connectivity index (χ2v) is 6.76. The quantitative estimate of drug-likeness (QED) is 0.527. The molecule has 136 valence electrons. The summed E-state index contributed by atoms with van der Waals surface area (Å²) in [6.07, 6.45) is 1.78. The highest BCUT2D eigenvalue weighted by Crippen LogP contribution is 2.26. The molecule has 0 amide bonds. The Hall–Kier alpha value is -3.12. The first-order chi connectivity index (χ1) is 13.1. The minimum absolute atomic E-state index is 0.507. The van der Waals surface area contributed by atoms with Crippen LogP contribution in [0.25, 0.3) is 11.0 Å². The predicted molar refractivity (Wildman–Crippen MR) is 110 cm³/mol. The van der Waals surface area contributed by atoms with Crippen molar-refractivity contribution in [3.05, 3.63) is 70.9 Å². The van der Waals surface area contributed by atoms with Crippen molar-refractivity contribution >= 4 is 40.1 Å². The fourth-order valence-electron chi connectivity index (χ4n) is 2.88. The minimum atomic E-state index is 0.507. The van der Waals surface area contributed by atoms with E-state index >= 15 is 0 Å². The fourth-order valence-corrected chi connectivity index (χ4v) is 3.11. The highest BCUT2D eigenvalue weighted by Gasteiger charge is 2.12. The number of fused-ring (bicyclic) bond motifs is 1. The highest BCUT2D eigenvalue weighted by molar-refractivity contribution is 6.30. The molecule has 0 aliphatic carbocycles. The van der Waals surface area contributed by atoms with Crippen molar-refractivity contribution in [2.75, 3.05) is 10.6 Å². The van der Waals surface area contributed by atoms with Gasteiger partial charge in [0.15, 0.2) is 5.65 Å². The zero-order chi connectivity index (χ0) is 18.8. The third kappa shape index (κ3) is 3.71. The lowest BCUT2D eigenvalue weighted by Crippen LogP contribution is -2.06. The van der Waals surface area contributed by atoms with Gasteiger partial charge in [-0.25, -0.2) is 0 Å². The lowest BCUT2D eigenvalue weighted by atomic mass is 10.2. The molecule has 7 heteroatoms. The zero-order valence-electron chi connectivity index (χ0n) is 15.1. The molecular formula is C20H19ClN6. The molecule has 27 heavy (non-hydrogen) atoms. The third-order valence-electron chi connectivity index (χ3n) is 4.33. The van der Waals surface area contributed by atoms with Gasteiger partial charge in [0.2, 0.25) is 5.95 Å². The number of aromatic nitrogens is 4. The van der Waals surface area contributed by atoms with Gasteiger partial charge in [0, 0.05) is 24.3 Å². The molecule has 0 unspecified atom stereocenters. The van der Waals surface area contributed by atoms with Gasteiger partial charge in [-0.15, -0.1) is 0 Å². The van der Waals surface area contributed by atoms with Crippen LogP contribution in [0.3, 0.4) is 0 Å². The van der Waals surface area contributed by atoms with E-state index < -0.39 is 0 Å². The van der Waals surface area contributed by atoms with Gasteiger partial charge >= 0.3 is 0 Å². The summed E-state index contributed by atoms with van der Waals surface area (Å²) >= 11 is 6.05. The molecule has 4 aromatic rings. The van der Waals surface area contributed by atoms with Crippen molar-refractivity contribution in [3.8, 4) is 0 Å². The first-order valence-corrected chi connectivity index (χ1v) is 8.98. The van der Waals surface area contributed by atoms with Crippen LogP contribution in [0.5, 0.6) is 0 Å². The van der Waals surface area contributed by atoms with Crippen LogP contribution >= 0.6 is 11.6 Å². The van der Waals surface area contributed by atoms with Crippen LogP contribution in [0.1, 0.15) is 11.1 Å². The lowest BCUT2D eigenvalue weighted by molar-refractivity contribution is 0.786. The summed E-state index contributed by atoms with van der Waals surface area (Å²) in [6.45, 7) is 2.66. The van der Waals surface area contributed by atoms with E-state index in [1.807, 2.05) is 50.4 Å². The molecule has 0 spiro atoms. The highest BCUT2D eigenvalue weighted by atomic mass is 35.5.